The Bertz CT molecular complexity index is 177. The first kappa shape index (κ1) is 14.7. The fourth-order valence-corrected chi connectivity index (χ4v) is 1.79. The molecule has 90 valence electrons. The number of likely N-dealkylation sites (N-methyl/N-ethyl adjacent to an activating group) is 1. The molecule has 2 nitrogen and oxygen atoms in total. The van der Waals surface area contributed by atoms with E-state index in [1.165, 1.54) is 5.57 Å². The molecule has 0 radical (unpaired) electrons. The third kappa shape index (κ3) is 5.95. The second-order valence-electron chi connectivity index (χ2n) is 4.55. The highest BCUT2D eigenvalue weighted by atomic mass is 15.1. The summed E-state index contributed by atoms with van der Waals surface area (Å²) in [6.45, 7) is 19.4. The van der Waals surface area contributed by atoms with Gasteiger partial charge >= 0.3 is 0 Å². The highest BCUT2D eigenvalue weighted by Crippen LogP contribution is 2.11. The highest BCUT2D eigenvalue weighted by molar-refractivity contribution is 4.93. The zero-order chi connectivity index (χ0) is 11.8. The highest BCUT2D eigenvalue weighted by Gasteiger charge is 2.18. The summed E-state index contributed by atoms with van der Waals surface area (Å²) in [7, 11) is 0. The monoisotopic (exact) mass is 212 g/mol. The first-order chi connectivity index (χ1) is 7.02. The molecule has 0 spiro atoms. The van der Waals surface area contributed by atoms with Crippen molar-refractivity contribution in [3.05, 3.63) is 12.2 Å². The zero-order valence-corrected chi connectivity index (χ0v) is 11.1. The Hall–Kier alpha value is -0.340. The molecule has 15 heavy (non-hydrogen) atoms. The lowest BCUT2D eigenvalue weighted by molar-refractivity contribution is 0.181. The number of hydrogen-bond acceptors (Lipinski definition) is 2. The summed E-state index contributed by atoms with van der Waals surface area (Å²) in [5.74, 6) is 0.684. The third-order valence-electron chi connectivity index (χ3n) is 2.99. The van der Waals surface area contributed by atoms with Crippen LogP contribution in [0.5, 0.6) is 0 Å². The van der Waals surface area contributed by atoms with E-state index in [2.05, 4.69) is 51.4 Å². The minimum Gasteiger partial charge on any atom is -0.317 e. The molecule has 0 aromatic carbocycles. The molecule has 0 fully saturated rings. The van der Waals surface area contributed by atoms with Crippen LogP contribution in [-0.2, 0) is 0 Å². The van der Waals surface area contributed by atoms with Crippen LogP contribution in [0.25, 0.3) is 0 Å². The molecule has 0 rings (SSSR count). The Kier molecular flexibility index (Phi) is 7.71. The number of rotatable bonds is 8. The molecular formula is C13H28N2. The van der Waals surface area contributed by atoms with E-state index in [0.717, 1.165) is 26.2 Å². The summed E-state index contributed by atoms with van der Waals surface area (Å²) in [4.78, 5) is 2.49. The van der Waals surface area contributed by atoms with Crippen LogP contribution in [0, 0.1) is 5.92 Å². The van der Waals surface area contributed by atoms with E-state index in [4.69, 9.17) is 0 Å². The van der Waals surface area contributed by atoms with E-state index in [1.807, 2.05) is 0 Å². The van der Waals surface area contributed by atoms with Crippen molar-refractivity contribution in [1.82, 2.24) is 10.2 Å². The van der Waals surface area contributed by atoms with Gasteiger partial charge in [0.15, 0.2) is 0 Å². The maximum absolute atomic E-state index is 3.99. The molecule has 0 aromatic heterocycles. The van der Waals surface area contributed by atoms with E-state index >= 15 is 0 Å². The van der Waals surface area contributed by atoms with Crippen LogP contribution in [0.1, 0.15) is 34.6 Å². The van der Waals surface area contributed by atoms with Crippen molar-refractivity contribution < 1.29 is 0 Å². The Balaban J connectivity index is 4.11. The fourth-order valence-electron chi connectivity index (χ4n) is 1.79. The van der Waals surface area contributed by atoms with E-state index in [9.17, 15) is 0 Å². The molecule has 0 aliphatic carbocycles. The van der Waals surface area contributed by atoms with Crippen molar-refractivity contribution in [1.29, 1.82) is 0 Å². The summed E-state index contributed by atoms with van der Waals surface area (Å²) in [5.41, 5.74) is 1.25. The zero-order valence-electron chi connectivity index (χ0n) is 11.1. The van der Waals surface area contributed by atoms with Crippen molar-refractivity contribution in [2.24, 2.45) is 5.92 Å². The minimum absolute atomic E-state index is 0.616. The molecule has 0 heterocycles. The maximum Gasteiger partial charge on any atom is 0.0190 e. The largest absolute Gasteiger partial charge is 0.317 e. The standard InChI is InChI=1S/C13H28N2/c1-7-14-9-12(5)13(6)15(8-2)10-11(3)4/h12-14H,3,7-10H2,1-2,4-6H3. The van der Waals surface area contributed by atoms with E-state index < -0.39 is 0 Å². The van der Waals surface area contributed by atoms with Gasteiger partial charge in [0, 0.05) is 12.6 Å². The fraction of sp³-hybridized carbons (Fsp3) is 0.846. The topological polar surface area (TPSA) is 15.3 Å². The van der Waals surface area contributed by atoms with Crippen LogP contribution in [0.3, 0.4) is 0 Å². The number of nitrogens with one attached hydrogen (secondary N) is 1. The van der Waals surface area contributed by atoms with Gasteiger partial charge in [-0.25, -0.2) is 0 Å². The van der Waals surface area contributed by atoms with E-state index in [-0.39, 0.29) is 0 Å². The average molecular weight is 212 g/mol. The van der Waals surface area contributed by atoms with Crippen molar-refractivity contribution in [3.8, 4) is 0 Å². The summed E-state index contributed by atoms with van der Waals surface area (Å²) in [5, 5.41) is 3.41. The Morgan fingerprint density at radius 3 is 2.33 bits per heavy atom. The van der Waals surface area contributed by atoms with Crippen LogP contribution in [0.2, 0.25) is 0 Å². The molecule has 0 aliphatic rings. The van der Waals surface area contributed by atoms with Crippen molar-refractivity contribution >= 4 is 0 Å². The van der Waals surface area contributed by atoms with Crippen molar-refractivity contribution in [2.75, 3.05) is 26.2 Å². The molecule has 0 saturated carbocycles. The van der Waals surface area contributed by atoms with Crippen LogP contribution in [-0.4, -0.2) is 37.1 Å². The lowest BCUT2D eigenvalue weighted by atomic mass is 10.0. The Labute approximate surface area is 95.7 Å². The second kappa shape index (κ2) is 7.89. The lowest BCUT2D eigenvalue weighted by Crippen LogP contribution is -2.41. The van der Waals surface area contributed by atoms with Gasteiger partial charge in [0.2, 0.25) is 0 Å². The normalized spacial score (nSPS) is 15.3. The molecule has 2 atom stereocenters. The van der Waals surface area contributed by atoms with Gasteiger partial charge in [0.05, 0.1) is 0 Å². The molecular weight excluding hydrogens is 184 g/mol. The van der Waals surface area contributed by atoms with Gasteiger partial charge in [-0.15, -0.1) is 0 Å². The first-order valence-electron chi connectivity index (χ1n) is 6.12. The van der Waals surface area contributed by atoms with Gasteiger partial charge < -0.3 is 5.32 Å². The van der Waals surface area contributed by atoms with Gasteiger partial charge in [-0.3, -0.25) is 4.90 Å². The van der Waals surface area contributed by atoms with Gasteiger partial charge in [-0.1, -0.05) is 32.9 Å². The van der Waals surface area contributed by atoms with E-state index in [0.29, 0.717) is 12.0 Å². The van der Waals surface area contributed by atoms with Crippen molar-refractivity contribution in [3.63, 3.8) is 0 Å². The molecule has 0 saturated heterocycles. The molecule has 1 N–H and O–H groups in total. The Morgan fingerprint density at radius 2 is 1.93 bits per heavy atom. The molecule has 0 aliphatic heterocycles. The summed E-state index contributed by atoms with van der Waals surface area (Å²) < 4.78 is 0. The minimum atomic E-state index is 0.616. The average Bonchev–Trinajstić information content (AvgIpc) is 2.21. The third-order valence-corrected chi connectivity index (χ3v) is 2.99. The molecule has 2 heteroatoms. The predicted octanol–water partition coefficient (Wildman–Crippen LogP) is 2.52. The molecule has 0 aromatic rings. The number of hydrogen-bond donors (Lipinski definition) is 1. The van der Waals surface area contributed by atoms with Gasteiger partial charge in [0.1, 0.15) is 0 Å². The summed E-state index contributed by atoms with van der Waals surface area (Å²) in [6.07, 6.45) is 0. The quantitative estimate of drug-likeness (QED) is 0.622. The van der Waals surface area contributed by atoms with Crippen LogP contribution in [0.15, 0.2) is 12.2 Å². The van der Waals surface area contributed by atoms with Crippen LogP contribution in [0.4, 0.5) is 0 Å². The summed E-state index contributed by atoms with van der Waals surface area (Å²) >= 11 is 0. The van der Waals surface area contributed by atoms with Crippen molar-refractivity contribution in [2.45, 2.75) is 40.7 Å². The maximum atomic E-state index is 3.99. The van der Waals surface area contributed by atoms with Gasteiger partial charge in [0.25, 0.3) is 0 Å². The first-order valence-corrected chi connectivity index (χ1v) is 6.12. The van der Waals surface area contributed by atoms with Gasteiger partial charge in [-0.05, 0) is 39.4 Å². The SMILES string of the molecule is C=C(C)CN(CC)C(C)C(C)CNCC. The van der Waals surface area contributed by atoms with E-state index in [1.54, 1.807) is 0 Å². The lowest BCUT2D eigenvalue weighted by Gasteiger charge is -2.32. The second-order valence-corrected chi connectivity index (χ2v) is 4.55. The predicted molar refractivity (Wildman–Crippen MR) is 69.2 cm³/mol. The van der Waals surface area contributed by atoms with Crippen LogP contribution < -0.4 is 5.32 Å². The molecule has 0 bridgehead atoms. The smallest absolute Gasteiger partial charge is 0.0190 e. The van der Waals surface area contributed by atoms with Gasteiger partial charge in [-0.2, -0.15) is 0 Å². The molecule has 0 amide bonds. The summed E-state index contributed by atoms with van der Waals surface area (Å²) in [6, 6.07) is 0.616. The number of nitrogens with zero attached hydrogens (tertiary/aromatic N) is 1. The van der Waals surface area contributed by atoms with Crippen LogP contribution >= 0.6 is 0 Å². The Morgan fingerprint density at radius 1 is 1.33 bits per heavy atom. The molecule has 2 unspecified atom stereocenters.